The van der Waals surface area contributed by atoms with Crippen LogP contribution in [0.4, 0.5) is 5.69 Å². The number of hydrogen-bond donors (Lipinski definition) is 3. The van der Waals surface area contributed by atoms with Gasteiger partial charge in [-0.1, -0.05) is 52.5 Å². The van der Waals surface area contributed by atoms with Gasteiger partial charge in [-0.25, -0.2) is 0 Å². The van der Waals surface area contributed by atoms with E-state index in [2.05, 4.69) is 16.0 Å². The van der Waals surface area contributed by atoms with Crippen LogP contribution < -0.4 is 20.7 Å². The van der Waals surface area contributed by atoms with Crippen molar-refractivity contribution in [2.75, 3.05) is 11.9 Å². The molecule has 2 rings (SSSR count). The van der Waals surface area contributed by atoms with Crippen molar-refractivity contribution in [1.29, 1.82) is 0 Å². The van der Waals surface area contributed by atoms with Crippen molar-refractivity contribution in [1.82, 2.24) is 10.6 Å². The van der Waals surface area contributed by atoms with Crippen LogP contribution in [-0.4, -0.2) is 27.6 Å². The lowest BCUT2D eigenvalue weighted by Crippen LogP contribution is -2.56. The van der Waals surface area contributed by atoms with Gasteiger partial charge in [0, 0.05) is 11.3 Å². The van der Waals surface area contributed by atoms with E-state index in [-0.39, 0.29) is 5.11 Å². The first-order valence-electron chi connectivity index (χ1n) is 8.43. The van der Waals surface area contributed by atoms with Crippen molar-refractivity contribution < 1.29 is 9.53 Å². The molecule has 2 aromatic rings. The molecule has 1 amide bonds. The summed E-state index contributed by atoms with van der Waals surface area (Å²) in [5, 5.41) is 8.63. The first kappa shape index (κ1) is 22.6. The zero-order chi connectivity index (χ0) is 20.7. The number of aryl methyl sites for hydroxylation is 1. The minimum Gasteiger partial charge on any atom is -0.494 e. The summed E-state index contributed by atoms with van der Waals surface area (Å²) in [5.41, 5.74) is 2.11. The van der Waals surface area contributed by atoms with Gasteiger partial charge in [0.2, 0.25) is 3.79 Å². The molecule has 150 valence electrons. The number of nitrogens with one attached hydrogen (secondary N) is 3. The Hall–Kier alpha value is -1.73. The number of anilines is 1. The highest BCUT2D eigenvalue weighted by Crippen LogP contribution is 2.29. The third-order valence-corrected chi connectivity index (χ3v) is 4.46. The van der Waals surface area contributed by atoms with Crippen LogP contribution in [0.25, 0.3) is 0 Å². The van der Waals surface area contributed by atoms with Crippen LogP contribution in [0.15, 0.2) is 48.5 Å². The summed E-state index contributed by atoms with van der Waals surface area (Å²) >= 11 is 23.3. The fraction of sp³-hybridized carbons (Fsp3) is 0.263. The lowest BCUT2D eigenvalue weighted by atomic mass is 10.1. The van der Waals surface area contributed by atoms with E-state index in [9.17, 15) is 4.79 Å². The van der Waals surface area contributed by atoms with Crippen LogP contribution >= 0.6 is 47.0 Å². The highest BCUT2D eigenvalue weighted by molar-refractivity contribution is 7.80. The highest BCUT2D eigenvalue weighted by atomic mass is 35.6. The van der Waals surface area contributed by atoms with Crippen molar-refractivity contribution in [3.8, 4) is 5.75 Å². The molecule has 9 heteroatoms. The van der Waals surface area contributed by atoms with Crippen LogP contribution in [0.1, 0.15) is 22.8 Å². The van der Waals surface area contributed by atoms with E-state index in [1.54, 1.807) is 42.5 Å². The van der Waals surface area contributed by atoms with Gasteiger partial charge < -0.3 is 20.7 Å². The minimum absolute atomic E-state index is 0.185. The Kier molecular flexibility index (Phi) is 8.19. The molecule has 0 unspecified atom stereocenters. The minimum atomic E-state index is -1.83. The molecular formula is C19H20Cl3N3O2S. The van der Waals surface area contributed by atoms with Crippen LogP contribution in [0.2, 0.25) is 0 Å². The second-order valence-electron chi connectivity index (χ2n) is 5.87. The molecule has 1 atom stereocenters. The summed E-state index contributed by atoms with van der Waals surface area (Å²) < 4.78 is 3.56. The Bertz CT molecular complexity index is 826. The molecule has 0 heterocycles. The van der Waals surface area contributed by atoms with Crippen LogP contribution in [0.3, 0.4) is 0 Å². The molecule has 5 nitrogen and oxygen atoms in total. The third kappa shape index (κ3) is 7.02. The van der Waals surface area contributed by atoms with Gasteiger partial charge >= 0.3 is 0 Å². The molecule has 3 N–H and O–H groups in total. The van der Waals surface area contributed by atoms with Gasteiger partial charge in [0.05, 0.1) is 6.61 Å². The fourth-order valence-corrected chi connectivity index (χ4v) is 2.86. The van der Waals surface area contributed by atoms with Gasteiger partial charge in [0.25, 0.3) is 5.91 Å². The summed E-state index contributed by atoms with van der Waals surface area (Å²) in [4.78, 5) is 12.5. The number of thiocarbonyl (C=S) groups is 1. The van der Waals surface area contributed by atoms with Gasteiger partial charge in [0.15, 0.2) is 5.11 Å². The normalized spacial score (nSPS) is 12.0. The molecule has 0 spiro atoms. The number of halogens is 3. The molecule has 28 heavy (non-hydrogen) atoms. The predicted octanol–water partition coefficient (Wildman–Crippen LogP) is 4.81. The second kappa shape index (κ2) is 10.2. The average Bonchev–Trinajstić information content (AvgIpc) is 2.62. The molecule has 0 fully saturated rings. The maximum atomic E-state index is 12.5. The maximum Gasteiger partial charge on any atom is 0.252 e. The first-order chi connectivity index (χ1) is 13.2. The van der Waals surface area contributed by atoms with E-state index in [4.69, 9.17) is 51.8 Å². The molecule has 0 bridgehead atoms. The van der Waals surface area contributed by atoms with Crippen LogP contribution in [0.5, 0.6) is 5.75 Å². The van der Waals surface area contributed by atoms with Crippen molar-refractivity contribution in [3.05, 3.63) is 59.7 Å². The van der Waals surface area contributed by atoms with Gasteiger partial charge in [-0.2, -0.15) is 0 Å². The number of hydrogen-bond acceptors (Lipinski definition) is 3. The van der Waals surface area contributed by atoms with Crippen molar-refractivity contribution in [2.24, 2.45) is 0 Å². The van der Waals surface area contributed by atoms with Crippen LogP contribution in [0, 0.1) is 6.92 Å². The molecule has 0 aliphatic heterocycles. The summed E-state index contributed by atoms with van der Waals surface area (Å²) in [6.45, 7) is 4.38. The number of amides is 1. The van der Waals surface area contributed by atoms with E-state index in [0.717, 1.165) is 11.3 Å². The van der Waals surface area contributed by atoms with E-state index in [0.29, 0.717) is 17.9 Å². The summed E-state index contributed by atoms with van der Waals surface area (Å²) in [6.07, 6.45) is -1.05. The fourth-order valence-electron chi connectivity index (χ4n) is 2.30. The monoisotopic (exact) mass is 459 g/mol. The smallest absolute Gasteiger partial charge is 0.252 e. The van der Waals surface area contributed by atoms with E-state index >= 15 is 0 Å². The molecule has 0 saturated heterocycles. The molecule has 0 aliphatic rings. The number of ether oxygens (including phenoxy) is 1. The van der Waals surface area contributed by atoms with Gasteiger partial charge in [0.1, 0.15) is 11.9 Å². The Morgan fingerprint density at radius 1 is 1.14 bits per heavy atom. The van der Waals surface area contributed by atoms with Gasteiger partial charge in [-0.15, -0.1) is 0 Å². The van der Waals surface area contributed by atoms with E-state index in [1.807, 2.05) is 19.9 Å². The molecule has 2 aromatic carbocycles. The Balaban J connectivity index is 2.03. The lowest BCUT2D eigenvalue weighted by Gasteiger charge is -2.27. The number of rotatable bonds is 6. The summed E-state index contributed by atoms with van der Waals surface area (Å²) in [7, 11) is 0. The average molecular weight is 461 g/mol. The quantitative estimate of drug-likeness (QED) is 0.328. The molecule has 0 saturated carbocycles. The summed E-state index contributed by atoms with van der Waals surface area (Å²) in [5.74, 6) is 0.355. The number of carbonyl (C=O) groups is 1. The lowest BCUT2D eigenvalue weighted by molar-refractivity contribution is 0.0934. The zero-order valence-corrected chi connectivity index (χ0v) is 18.3. The molecule has 0 aliphatic carbocycles. The Morgan fingerprint density at radius 3 is 2.39 bits per heavy atom. The first-order valence-corrected chi connectivity index (χ1v) is 9.98. The van der Waals surface area contributed by atoms with E-state index in [1.165, 1.54) is 0 Å². The van der Waals surface area contributed by atoms with Gasteiger partial charge in [-0.3, -0.25) is 4.79 Å². The Labute approximate surface area is 184 Å². The zero-order valence-electron chi connectivity index (χ0n) is 15.3. The summed E-state index contributed by atoms with van der Waals surface area (Å²) in [6, 6.07) is 14.3. The van der Waals surface area contributed by atoms with Crippen LogP contribution in [-0.2, 0) is 0 Å². The largest absolute Gasteiger partial charge is 0.494 e. The Morgan fingerprint density at radius 2 is 1.82 bits per heavy atom. The molecule has 0 aromatic heterocycles. The van der Waals surface area contributed by atoms with Crippen molar-refractivity contribution in [2.45, 2.75) is 23.8 Å². The van der Waals surface area contributed by atoms with Gasteiger partial charge in [-0.05, 0) is 62.5 Å². The van der Waals surface area contributed by atoms with Crippen molar-refractivity contribution in [3.63, 3.8) is 0 Å². The van der Waals surface area contributed by atoms with E-state index < -0.39 is 15.9 Å². The predicted molar refractivity (Wildman–Crippen MR) is 120 cm³/mol. The molecular weight excluding hydrogens is 441 g/mol. The standard InChI is InChI=1S/C19H20Cl3N3O2S/c1-3-27-15-9-7-14(8-10-15)23-18(28)25-17(19(20,21)22)24-16(26)13-6-4-5-12(2)11-13/h4-11,17H,3H2,1-2H3,(H,24,26)(H2,23,25,28)/t17-/m0/s1. The number of carbonyl (C=O) groups excluding carboxylic acids is 1. The van der Waals surface area contributed by atoms with Crippen molar-refractivity contribution >= 4 is 63.7 Å². The second-order valence-corrected chi connectivity index (χ2v) is 8.65. The highest BCUT2D eigenvalue weighted by Gasteiger charge is 2.34. The third-order valence-electron chi connectivity index (χ3n) is 3.58. The SMILES string of the molecule is CCOc1ccc(NC(=S)N[C@H](NC(=O)c2cccc(C)c2)C(Cl)(Cl)Cl)cc1. The maximum absolute atomic E-state index is 12.5. The molecule has 0 radical (unpaired) electrons. The topological polar surface area (TPSA) is 62.4 Å². The number of benzene rings is 2. The number of alkyl halides is 3.